The Balaban J connectivity index is 1.81. The van der Waals surface area contributed by atoms with Gasteiger partial charge in [0.25, 0.3) is 6.01 Å². The van der Waals surface area contributed by atoms with E-state index in [-0.39, 0.29) is 6.04 Å². The van der Waals surface area contributed by atoms with Crippen molar-refractivity contribution in [2.45, 2.75) is 38.8 Å². The number of nitrogens with zero attached hydrogens (tertiary/aromatic N) is 1. The van der Waals surface area contributed by atoms with Crippen molar-refractivity contribution in [3.63, 3.8) is 0 Å². The maximum absolute atomic E-state index is 11.0. The van der Waals surface area contributed by atoms with Crippen LogP contribution >= 0.6 is 0 Å². The van der Waals surface area contributed by atoms with E-state index in [9.17, 15) is 4.79 Å². The third-order valence-electron chi connectivity index (χ3n) is 4.09. The van der Waals surface area contributed by atoms with Gasteiger partial charge in [-0.3, -0.25) is 0 Å². The molecule has 26 heavy (non-hydrogen) atoms. The maximum Gasteiger partial charge on any atom is 0.344 e. The molecule has 136 valence electrons. The molecule has 0 aliphatic carbocycles. The standard InChI is InChI=1S/C20H22N2O4/c1-3-7-16(21-20-22-17-10-4-5-11-18(17)26-20)14-8-6-9-15(12-14)25-13(2)19(23)24/h4-6,8-13,16H,3,7H2,1-2H3,(H,21,22)(H,23,24). The largest absolute Gasteiger partial charge is 0.479 e. The highest BCUT2D eigenvalue weighted by Crippen LogP contribution is 2.28. The second-order valence-electron chi connectivity index (χ2n) is 6.14. The van der Waals surface area contributed by atoms with Crippen molar-refractivity contribution < 1.29 is 19.1 Å². The number of fused-ring (bicyclic) bond motifs is 1. The Hall–Kier alpha value is -3.02. The van der Waals surface area contributed by atoms with Gasteiger partial charge in [0.2, 0.25) is 0 Å². The number of aromatic nitrogens is 1. The highest BCUT2D eigenvalue weighted by Gasteiger charge is 2.17. The zero-order chi connectivity index (χ0) is 18.5. The second-order valence-corrected chi connectivity index (χ2v) is 6.14. The summed E-state index contributed by atoms with van der Waals surface area (Å²) in [5, 5.41) is 12.4. The van der Waals surface area contributed by atoms with Crippen LogP contribution in [0.3, 0.4) is 0 Å². The first-order valence-electron chi connectivity index (χ1n) is 8.68. The van der Waals surface area contributed by atoms with E-state index in [4.69, 9.17) is 14.3 Å². The zero-order valence-electron chi connectivity index (χ0n) is 14.8. The quantitative estimate of drug-likeness (QED) is 0.613. The molecule has 0 aliphatic rings. The number of para-hydroxylation sites is 2. The summed E-state index contributed by atoms with van der Waals surface area (Å²) in [4.78, 5) is 15.5. The Morgan fingerprint density at radius 1 is 1.27 bits per heavy atom. The molecular formula is C20H22N2O4. The highest BCUT2D eigenvalue weighted by molar-refractivity contribution is 5.74. The van der Waals surface area contributed by atoms with Crippen LogP contribution in [0.15, 0.2) is 52.9 Å². The maximum atomic E-state index is 11.0. The van der Waals surface area contributed by atoms with E-state index in [1.807, 2.05) is 42.5 Å². The smallest absolute Gasteiger partial charge is 0.344 e. The van der Waals surface area contributed by atoms with E-state index in [0.29, 0.717) is 11.8 Å². The van der Waals surface area contributed by atoms with Gasteiger partial charge in [0, 0.05) is 0 Å². The summed E-state index contributed by atoms with van der Waals surface area (Å²) >= 11 is 0. The van der Waals surface area contributed by atoms with Crippen LogP contribution in [0.2, 0.25) is 0 Å². The average molecular weight is 354 g/mol. The minimum atomic E-state index is -0.995. The fourth-order valence-electron chi connectivity index (χ4n) is 2.75. The van der Waals surface area contributed by atoms with Gasteiger partial charge in [-0.25, -0.2) is 4.79 Å². The molecule has 2 N–H and O–H groups in total. The van der Waals surface area contributed by atoms with Gasteiger partial charge in [-0.1, -0.05) is 37.6 Å². The van der Waals surface area contributed by atoms with Crippen LogP contribution in [0.25, 0.3) is 11.1 Å². The summed E-state index contributed by atoms with van der Waals surface area (Å²) in [6, 6.07) is 15.5. The minimum absolute atomic E-state index is 0.0169. The summed E-state index contributed by atoms with van der Waals surface area (Å²) in [6.45, 7) is 3.61. The van der Waals surface area contributed by atoms with Crippen molar-refractivity contribution in [2.24, 2.45) is 0 Å². The number of ether oxygens (including phenoxy) is 1. The number of oxazole rings is 1. The Bertz CT molecular complexity index is 857. The Kier molecular flexibility index (Phi) is 5.41. The van der Waals surface area contributed by atoms with Crippen molar-refractivity contribution in [1.29, 1.82) is 0 Å². The van der Waals surface area contributed by atoms with Crippen molar-refractivity contribution in [3.05, 3.63) is 54.1 Å². The molecule has 2 unspecified atom stereocenters. The number of carboxylic acids is 1. The Labute approximate surface area is 151 Å². The van der Waals surface area contributed by atoms with Gasteiger partial charge in [0.05, 0.1) is 6.04 Å². The first-order valence-corrected chi connectivity index (χ1v) is 8.68. The summed E-state index contributed by atoms with van der Waals surface area (Å²) in [5.74, 6) is -0.469. The number of carbonyl (C=O) groups is 1. The average Bonchev–Trinajstić information content (AvgIpc) is 3.04. The predicted octanol–water partition coefficient (Wildman–Crippen LogP) is 4.63. The lowest BCUT2D eigenvalue weighted by Crippen LogP contribution is -2.23. The van der Waals surface area contributed by atoms with Crippen molar-refractivity contribution >= 4 is 23.1 Å². The van der Waals surface area contributed by atoms with E-state index in [2.05, 4.69) is 17.2 Å². The fourth-order valence-corrected chi connectivity index (χ4v) is 2.75. The third-order valence-corrected chi connectivity index (χ3v) is 4.09. The second kappa shape index (κ2) is 7.91. The molecule has 0 bridgehead atoms. The molecule has 2 aromatic carbocycles. The van der Waals surface area contributed by atoms with Gasteiger partial charge in [-0.2, -0.15) is 4.98 Å². The lowest BCUT2D eigenvalue weighted by molar-refractivity contribution is -0.144. The molecule has 0 saturated heterocycles. The van der Waals surface area contributed by atoms with Gasteiger partial charge in [0.1, 0.15) is 11.3 Å². The topological polar surface area (TPSA) is 84.6 Å². The van der Waals surface area contributed by atoms with Crippen LogP contribution in [-0.2, 0) is 4.79 Å². The van der Waals surface area contributed by atoms with Gasteiger partial charge >= 0.3 is 5.97 Å². The van der Waals surface area contributed by atoms with Crippen LogP contribution in [-0.4, -0.2) is 22.2 Å². The number of aliphatic carboxylic acids is 1. The molecule has 2 atom stereocenters. The number of anilines is 1. The van der Waals surface area contributed by atoms with Crippen LogP contribution in [0.4, 0.5) is 6.01 Å². The molecule has 0 radical (unpaired) electrons. The molecule has 0 spiro atoms. The highest BCUT2D eigenvalue weighted by atomic mass is 16.5. The molecule has 0 amide bonds. The lowest BCUT2D eigenvalue weighted by atomic mass is 10.0. The molecule has 0 saturated carbocycles. The molecule has 0 fully saturated rings. The SMILES string of the molecule is CCCC(Nc1nc2ccccc2o1)c1cccc(OC(C)C(=O)O)c1. The first kappa shape index (κ1) is 17.8. The first-order chi connectivity index (χ1) is 12.6. The van der Waals surface area contributed by atoms with Crippen molar-refractivity contribution in [2.75, 3.05) is 5.32 Å². The van der Waals surface area contributed by atoms with E-state index >= 15 is 0 Å². The predicted molar refractivity (Wildman–Crippen MR) is 99.4 cm³/mol. The van der Waals surface area contributed by atoms with Crippen LogP contribution in [0.1, 0.15) is 38.3 Å². The van der Waals surface area contributed by atoms with Crippen molar-refractivity contribution in [1.82, 2.24) is 4.98 Å². The van der Waals surface area contributed by atoms with E-state index in [1.54, 1.807) is 6.07 Å². The van der Waals surface area contributed by atoms with E-state index in [0.717, 1.165) is 29.5 Å². The Morgan fingerprint density at radius 2 is 2.08 bits per heavy atom. The summed E-state index contributed by atoms with van der Waals surface area (Å²) in [7, 11) is 0. The number of hydrogen-bond donors (Lipinski definition) is 2. The molecule has 3 rings (SSSR count). The zero-order valence-corrected chi connectivity index (χ0v) is 14.8. The summed E-state index contributed by atoms with van der Waals surface area (Å²) in [5.41, 5.74) is 2.53. The van der Waals surface area contributed by atoms with Crippen LogP contribution in [0, 0.1) is 0 Å². The van der Waals surface area contributed by atoms with E-state index < -0.39 is 12.1 Å². The summed E-state index contributed by atoms with van der Waals surface area (Å²) < 4.78 is 11.2. The number of carboxylic acid groups (broad SMARTS) is 1. The van der Waals surface area contributed by atoms with E-state index in [1.165, 1.54) is 6.92 Å². The molecule has 1 aromatic heterocycles. The van der Waals surface area contributed by atoms with Gasteiger partial charge in [-0.05, 0) is 43.2 Å². The molecule has 6 heteroatoms. The summed E-state index contributed by atoms with van der Waals surface area (Å²) in [6.07, 6.45) is 0.936. The molecule has 3 aromatic rings. The van der Waals surface area contributed by atoms with Crippen LogP contribution < -0.4 is 10.1 Å². The van der Waals surface area contributed by atoms with Gasteiger partial charge in [-0.15, -0.1) is 0 Å². The lowest BCUT2D eigenvalue weighted by Gasteiger charge is -2.19. The number of nitrogens with one attached hydrogen (secondary N) is 1. The monoisotopic (exact) mass is 354 g/mol. The minimum Gasteiger partial charge on any atom is -0.479 e. The van der Waals surface area contributed by atoms with Crippen LogP contribution in [0.5, 0.6) is 5.75 Å². The molecular weight excluding hydrogens is 332 g/mol. The third kappa shape index (κ3) is 4.14. The van der Waals surface area contributed by atoms with Gasteiger partial charge < -0.3 is 19.6 Å². The Morgan fingerprint density at radius 3 is 2.81 bits per heavy atom. The fraction of sp³-hybridized carbons (Fsp3) is 0.300. The molecule has 6 nitrogen and oxygen atoms in total. The van der Waals surface area contributed by atoms with Gasteiger partial charge in [0.15, 0.2) is 11.7 Å². The normalized spacial score (nSPS) is 13.3. The molecule has 1 heterocycles. The van der Waals surface area contributed by atoms with Crippen molar-refractivity contribution in [3.8, 4) is 5.75 Å². The number of rotatable bonds is 8. The molecule has 0 aliphatic heterocycles. The number of benzene rings is 2. The number of hydrogen-bond acceptors (Lipinski definition) is 5.